The predicted octanol–water partition coefficient (Wildman–Crippen LogP) is 2.99. The van der Waals surface area contributed by atoms with Crippen LogP contribution in [-0.4, -0.2) is 32.9 Å². The molecule has 1 aliphatic rings. The lowest BCUT2D eigenvalue weighted by atomic mass is 9.98. The lowest BCUT2D eigenvalue weighted by molar-refractivity contribution is 0.208. The molecule has 0 amide bonds. The summed E-state index contributed by atoms with van der Waals surface area (Å²) in [4.78, 5) is 15.0. The molecule has 0 radical (unpaired) electrons. The van der Waals surface area contributed by atoms with Gasteiger partial charge in [-0.2, -0.15) is 0 Å². The number of hydrogen-bond acceptors (Lipinski definition) is 3. The second-order valence-corrected chi connectivity index (χ2v) is 5.95. The second kappa shape index (κ2) is 6.34. The number of aromatic amines is 1. The molecule has 4 rings (SSSR count). The molecule has 0 fully saturated rings. The molecule has 4 nitrogen and oxygen atoms in total. The second-order valence-electron chi connectivity index (χ2n) is 5.95. The van der Waals surface area contributed by atoms with Crippen molar-refractivity contribution in [3.63, 3.8) is 0 Å². The molecule has 4 heteroatoms. The van der Waals surface area contributed by atoms with Gasteiger partial charge < -0.3 is 4.98 Å². The van der Waals surface area contributed by atoms with Crippen molar-refractivity contribution in [2.75, 3.05) is 13.1 Å². The van der Waals surface area contributed by atoms with Crippen LogP contribution in [0.15, 0.2) is 61.1 Å². The molecule has 1 aromatic carbocycles. The zero-order chi connectivity index (χ0) is 15.5. The standard InChI is InChI=1S/C19H20N4/c1-2-6-15(7-3-1)9-12-23-13-10-16-18(22-14-21-16)19(23)17-8-4-5-11-20-17/h1-8,11,14,19H,9-10,12-13H2,(H,21,22). The summed E-state index contributed by atoms with van der Waals surface area (Å²) in [5.74, 6) is 0. The first-order valence-electron chi connectivity index (χ1n) is 8.13. The first kappa shape index (κ1) is 14.2. The average molecular weight is 304 g/mol. The van der Waals surface area contributed by atoms with Gasteiger partial charge in [0.1, 0.15) is 0 Å². The Morgan fingerprint density at radius 1 is 1.04 bits per heavy atom. The van der Waals surface area contributed by atoms with Crippen molar-refractivity contribution >= 4 is 0 Å². The number of pyridine rings is 1. The van der Waals surface area contributed by atoms with Crippen molar-refractivity contribution in [3.8, 4) is 0 Å². The van der Waals surface area contributed by atoms with Crippen molar-refractivity contribution in [1.29, 1.82) is 0 Å². The van der Waals surface area contributed by atoms with Crippen LogP contribution in [0.5, 0.6) is 0 Å². The fourth-order valence-electron chi connectivity index (χ4n) is 3.35. The molecule has 116 valence electrons. The fraction of sp³-hybridized carbons (Fsp3) is 0.263. The number of nitrogens with one attached hydrogen (secondary N) is 1. The third-order valence-electron chi connectivity index (χ3n) is 4.52. The van der Waals surface area contributed by atoms with Crippen LogP contribution in [-0.2, 0) is 12.8 Å². The summed E-state index contributed by atoms with van der Waals surface area (Å²) >= 11 is 0. The van der Waals surface area contributed by atoms with E-state index in [4.69, 9.17) is 0 Å². The Hall–Kier alpha value is -2.46. The zero-order valence-electron chi connectivity index (χ0n) is 13.0. The molecule has 0 saturated carbocycles. The Balaban J connectivity index is 1.60. The third-order valence-corrected chi connectivity index (χ3v) is 4.52. The summed E-state index contributed by atoms with van der Waals surface area (Å²) in [5, 5.41) is 0. The Morgan fingerprint density at radius 3 is 2.74 bits per heavy atom. The molecular weight excluding hydrogens is 284 g/mol. The number of aromatic nitrogens is 3. The van der Waals surface area contributed by atoms with Crippen molar-refractivity contribution in [3.05, 3.63) is 83.7 Å². The number of fused-ring (bicyclic) bond motifs is 1. The minimum Gasteiger partial charge on any atom is -0.348 e. The van der Waals surface area contributed by atoms with E-state index in [1.807, 2.05) is 12.3 Å². The SMILES string of the molecule is c1ccc(CCN2CCc3[nH]cnc3C2c2ccccn2)cc1. The summed E-state index contributed by atoms with van der Waals surface area (Å²) in [6, 6.07) is 16.9. The van der Waals surface area contributed by atoms with E-state index in [0.717, 1.165) is 37.3 Å². The fourth-order valence-corrected chi connectivity index (χ4v) is 3.35. The van der Waals surface area contributed by atoms with Gasteiger partial charge in [0, 0.05) is 31.4 Å². The van der Waals surface area contributed by atoms with E-state index in [1.165, 1.54) is 11.3 Å². The van der Waals surface area contributed by atoms with Crippen LogP contribution in [0.1, 0.15) is 28.7 Å². The van der Waals surface area contributed by atoms with Crippen molar-refractivity contribution in [2.45, 2.75) is 18.9 Å². The largest absolute Gasteiger partial charge is 0.348 e. The molecule has 0 bridgehead atoms. The third kappa shape index (κ3) is 2.90. The topological polar surface area (TPSA) is 44.8 Å². The van der Waals surface area contributed by atoms with Crippen LogP contribution in [0, 0.1) is 0 Å². The van der Waals surface area contributed by atoms with Crippen LogP contribution in [0.2, 0.25) is 0 Å². The van der Waals surface area contributed by atoms with E-state index in [-0.39, 0.29) is 6.04 Å². The molecule has 0 spiro atoms. The summed E-state index contributed by atoms with van der Waals surface area (Å²) in [7, 11) is 0. The minimum atomic E-state index is 0.148. The number of H-pyrrole nitrogens is 1. The summed E-state index contributed by atoms with van der Waals surface area (Å²) < 4.78 is 0. The molecule has 0 aliphatic carbocycles. The van der Waals surface area contributed by atoms with Crippen LogP contribution in [0.25, 0.3) is 0 Å². The van der Waals surface area contributed by atoms with Gasteiger partial charge in [0.2, 0.25) is 0 Å². The maximum atomic E-state index is 4.59. The summed E-state index contributed by atoms with van der Waals surface area (Å²) in [6.07, 6.45) is 5.74. The van der Waals surface area contributed by atoms with Crippen molar-refractivity contribution < 1.29 is 0 Å². The number of hydrogen-bond donors (Lipinski definition) is 1. The number of benzene rings is 1. The summed E-state index contributed by atoms with van der Waals surface area (Å²) in [6.45, 7) is 2.04. The molecule has 23 heavy (non-hydrogen) atoms. The molecule has 1 unspecified atom stereocenters. The lowest BCUT2D eigenvalue weighted by Crippen LogP contribution is -2.38. The van der Waals surface area contributed by atoms with Crippen LogP contribution >= 0.6 is 0 Å². The monoisotopic (exact) mass is 304 g/mol. The highest BCUT2D eigenvalue weighted by Crippen LogP contribution is 2.32. The van der Waals surface area contributed by atoms with E-state index >= 15 is 0 Å². The van der Waals surface area contributed by atoms with Gasteiger partial charge in [0.15, 0.2) is 0 Å². The van der Waals surface area contributed by atoms with Gasteiger partial charge in [0.05, 0.1) is 23.8 Å². The van der Waals surface area contributed by atoms with Crippen LogP contribution < -0.4 is 0 Å². The van der Waals surface area contributed by atoms with E-state index < -0.39 is 0 Å². The predicted molar refractivity (Wildman–Crippen MR) is 90.1 cm³/mol. The molecule has 1 aliphatic heterocycles. The molecule has 1 atom stereocenters. The van der Waals surface area contributed by atoms with Gasteiger partial charge in [-0.25, -0.2) is 4.98 Å². The molecular formula is C19H20N4. The van der Waals surface area contributed by atoms with Gasteiger partial charge in [0.25, 0.3) is 0 Å². The highest BCUT2D eigenvalue weighted by atomic mass is 15.2. The van der Waals surface area contributed by atoms with Gasteiger partial charge in [-0.1, -0.05) is 36.4 Å². The minimum absolute atomic E-state index is 0.148. The molecule has 3 aromatic rings. The van der Waals surface area contributed by atoms with E-state index in [2.05, 4.69) is 62.3 Å². The van der Waals surface area contributed by atoms with Crippen molar-refractivity contribution in [1.82, 2.24) is 19.9 Å². The van der Waals surface area contributed by atoms with Crippen LogP contribution in [0.4, 0.5) is 0 Å². The Morgan fingerprint density at radius 2 is 1.91 bits per heavy atom. The maximum Gasteiger partial charge on any atom is 0.0968 e. The first-order chi connectivity index (χ1) is 11.4. The first-order valence-corrected chi connectivity index (χ1v) is 8.13. The summed E-state index contributed by atoms with van der Waals surface area (Å²) in [5.41, 5.74) is 4.83. The average Bonchev–Trinajstić information content (AvgIpc) is 3.10. The zero-order valence-corrected chi connectivity index (χ0v) is 13.0. The van der Waals surface area contributed by atoms with E-state index in [9.17, 15) is 0 Å². The lowest BCUT2D eigenvalue weighted by Gasteiger charge is -2.34. The van der Waals surface area contributed by atoms with Crippen molar-refractivity contribution in [2.24, 2.45) is 0 Å². The molecule has 0 saturated heterocycles. The normalized spacial score (nSPS) is 17.8. The smallest absolute Gasteiger partial charge is 0.0968 e. The van der Waals surface area contributed by atoms with E-state index in [0.29, 0.717) is 0 Å². The molecule has 2 aromatic heterocycles. The molecule has 1 N–H and O–H groups in total. The number of imidazole rings is 1. The van der Waals surface area contributed by atoms with Crippen LogP contribution in [0.3, 0.4) is 0 Å². The highest BCUT2D eigenvalue weighted by molar-refractivity contribution is 5.28. The van der Waals surface area contributed by atoms with Gasteiger partial charge >= 0.3 is 0 Å². The Bertz CT molecular complexity index is 751. The molecule has 3 heterocycles. The van der Waals surface area contributed by atoms with Gasteiger partial charge in [-0.15, -0.1) is 0 Å². The number of rotatable bonds is 4. The quantitative estimate of drug-likeness (QED) is 0.806. The van der Waals surface area contributed by atoms with Gasteiger partial charge in [-0.3, -0.25) is 9.88 Å². The Kier molecular flexibility index (Phi) is 3.90. The highest BCUT2D eigenvalue weighted by Gasteiger charge is 2.31. The van der Waals surface area contributed by atoms with E-state index in [1.54, 1.807) is 6.33 Å². The van der Waals surface area contributed by atoms with Gasteiger partial charge in [-0.05, 0) is 24.1 Å². The number of nitrogens with zero attached hydrogens (tertiary/aromatic N) is 3. The maximum absolute atomic E-state index is 4.59. The Labute approximate surface area is 136 Å².